The van der Waals surface area contributed by atoms with Crippen LogP contribution in [0.15, 0.2) is 12.1 Å². The van der Waals surface area contributed by atoms with Crippen LogP contribution >= 0.6 is 11.6 Å². The molecule has 4 heteroatoms. The van der Waals surface area contributed by atoms with E-state index in [2.05, 4.69) is 4.98 Å². The quantitative estimate of drug-likeness (QED) is 0.541. The molecule has 1 heterocycles. The van der Waals surface area contributed by atoms with Gasteiger partial charge in [0.1, 0.15) is 5.15 Å². The molecule has 0 amide bonds. The second-order valence-electron chi connectivity index (χ2n) is 3.11. The number of aromatic nitrogens is 1. The lowest BCUT2D eigenvalue weighted by Gasteiger charge is -1.99. The molecule has 13 heavy (non-hydrogen) atoms. The fourth-order valence-electron chi connectivity index (χ4n) is 1.16. The molecule has 1 aromatic heterocycles. The Labute approximate surface area is 79.7 Å². The molecule has 1 aliphatic carbocycles. The Kier molecular flexibility index (Phi) is 2.04. The lowest BCUT2D eigenvalue weighted by atomic mass is 10.1. The summed E-state index contributed by atoms with van der Waals surface area (Å²) in [7, 11) is 0. The first-order chi connectivity index (χ1) is 6.18. The van der Waals surface area contributed by atoms with Gasteiger partial charge in [-0.2, -0.15) is 4.39 Å². The zero-order valence-electron chi connectivity index (χ0n) is 6.76. The maximum Gasteiger partial charge on any atom is 0.225 e. The first kappa shape index (κ1) is 8.63. The molecule has 2 rings (SSSR count). The average Bonchev–Trinajstić information content (AvgIpc) is 2.85. The van der Waals surface area contributed by atoms with Gasteiger partial charge < -0.3 is 0 Å². The SMILES string of the molecule is O=C(c1ccc(Cl)nc1F)C1CC1. The van der Waals surface area contributed by atoms with Crippen LogP contribution in [0.25, 0.3) is 0 Å². The first-order valence-electron chi connectivity index (χ1n) is 4.05. The predicted molar refractivity (Wildman–Crippen MR) is 46.3 cm³/mol. The number of hydrogen-bond donors (Lipinski definition) is 0. The lowest BCUT2D eigenvalue weighted by Crippen LogP contribution is -2.05. The molecule has 1 fully saturated rings. The molecule has 0 aliphatic heterocycles. The van der Waals surface area contributed by atoms with E-state index in [0.717, 1.165) is 12.8 Å². The Morgan fingerprint density at radius 1 is 1.54 bits per heavy atom. The van der Waals surface area contributed by atoms with Gasteiger partial charge in [-0.3, -0.25) is 4.79 Å². The van der Waals surface area contributed by atoms with Gasteiger partial charge in [-0.15, -0.1) is 0 Å². The Bertz CT molecular complexity index is 363. The third-order valence-corrected chi connectivity index (χ3v) is 2.24. The second kappa shape index (κ2) is 3.07. The van der Waals surface area contributed by atoms with Gasteiger partial charge in [-0.25, -0.2) is 4.98 Å². The van der Waals surface area contributed by atoms with E-state index >= 15 is 0 Å². The van der Waals surface area contributed by atoms with Crippen molar-refractivity contribution >= 4 is 17.4 Å². The van der Waals surface area contributed by atoms with Gasteiger partial charge in [0.15, 0.2) is 5.78 Å². The molecule has 1 aromatic rings. The largest absolute Gasteiger partial charge is 0.294 e. The molecule has 0 atom stereocenters. The van der Waals surface area contributed by atoms with Gasteiger partial charge >= 0.3 is 0 Å². The van der Waals surface area contributed by atoms with Crippen molar-refractivity contribution in [1.82, 2.24) is 4.98 Å². The number of hydrogen-bond acceptors (Lipinski definition) is 2. The zero-order valence-corrected chi connectivity index (χ0v) is 7.51. The predicted octanol–water partition coefficient (Wildman–Crippen LogP) is 2.47. The van der Waals surface area contributed by atoms with Crippen molar-refractivity contribution in [3.05, 3.63) is 28.8 Å². The van der Waals surface area contributed by atoms with E-state index in [1.54, 1.807) is 0 Å². The molecule has 0 unspecified atom stereocenters. The Morgan fingerprint density at radius 2 is 2.23 bits per heavy atom. The fourth-order valence-corrected chi connectivity index (χ4v) is 1.30. The molecule has 68 valence electrons. The van der Waals surface area contributed by atoms with Crippen LogP contribution in [0.4, 0.5) is 4.39 Å². The average molecular weight is 200 g/mol. The number of rotatable bonds is 2. The van der Waals surface area contributed by atoms with E-state index in [4.69, 9.17) is 11.6 Å². The normalized spacial score (nSPS) is 15.8. The van der Waals surface area contributed by atoms with Crippen molar-refractivity contribution in [2.24, 2.45) is 5.92 Å². The van der Waals surface area contributed by atoms with E-state index in [1.807, 2.05) is 0 Å². The Morgan fingerprint density at radius 3 is 2.77 bits per heavy atom. The molecular weight excluding hydrogens is 193 g/mol. The van der Waals surface area contributed by atoms with E-state index < -0.39 is 5.95 Å². The number of Topliss-reactive ketones (excluding diaryl/α,β-unsaturated/α-hetero) is 1. The fraction of sp³-hybridized carbons (Fsp3) is 0.333. The summed E-state index contributed by atoms with van der Waals surface area (Å²) in [6.07, 6.45) is 1.72. The smallest absolute Gasteiger partial charge is 0.225 e. The highest BCUT2D eigenvalue weighted by molar-refractivity contribution is 6.29. The van der Waals surface area contributed by atoms with Gasteiger partial charge in [0, 0.05) is 5.92 Å². The number of ketones is 1. The molecule has 0 aromatic carbocycles. The zero-order chi connectivity index (χ0) is 9.42. The van der Waals surface area contributed by atoms with Crippen LogP contribution in [-0.2, 0) is 0 Å². The Hall–Kier alpha value is -0.960. The topological polar surface area (TPSA) is 30.0 Å². The lowest BCUT2D eigenvalue weighted by molar-refractivity contribution is 0.0963. The van der Waals surface area contributed by atoms with Crippen molar-refractivity contribution in [3.63, 3.8) is 0 Å². The van der Waals surface area contributed by atoms with Crippen LogP contribution in [0.3, 0.4) is 0 Å². The summed E-state index contributed by atoms with van der Waals surface area (Å²) in [5, 5.41) is 0.0739. The van der Waals surface area contributed by atoms with Gasteiger partial charge in [-0.1, -0.05) is 11.6 Å². The standard InChI is InChI=1S/C9H7ClFNO/c10-7-4-3-6(9(11)12-7)8(13)5-1-2-5/h3-5H,1-2H2. The van der Waals surface area contributed by atoms with Crippen LogP contribution in [0.5, 0.6) is 0 Å². The molecular formula is C9H7ClFNO. The summed E-state index contributed by atoms with van der Waals surface area (Å²) in [5.74, 6) is -0.899. The van der Waals surface area contributed by atoms with Crippen molar-refractivity contribution < 1.29 is 9.18 Å². The molecule has 0 radical (unpaired) electrons. The number of pyridine rings is 1. The van der Waals surface area contributed by atoms with Gasteiger partial charge in [0.05, 0.1) is 5.56 Å². The summed E-state index contributed by atoms with van der Waals surface area (Å²) in [6.45, 7) is 0. The monoisotopic (exact) mass is 199 g/mol. The minimum absolute atomic E-state index is 0.0116. The number of halogens is 2. The Balaban J connectivity index is 2.33. The molecule has 2 nitrogen and oxygen atoms in total. The highest BCUT2D eigenvalue weighted by atomic mass is 35.5. The van der Waals surface area contributed by atoms with Crippen LogP contribution in [0.2, 0.25) is 5.15 Å². The van der Waals surface area contributed by atoms with E-state index in [9.17, 15) is 9.18 Å². The maximum atomic E-state index is 13.1. The number of carbonyl (C=O) groups is 1. The summed E-state index contributed by atoms with van der Waals surface area (Å²) in [6, 6.07) is 2.82. The van der Waals surface area contributed by atoms with E-state index in [0.29, 0.717) is 0 Å². The van der Waals surface area contributed by atoms with Gasteiger partial charge in [0.25, 0.3) is 0 Å². The van der Waals surface area contributed by atoms with Gasteiger partial charge in [-0.05, 0) is 25.0 Å². The van der Waals surface area contributed by atoms with Crippen molar-refractivity contribution in [2.75, 3.05) is 0 Å². The van der Waals surface area contributed by atoms with E-state index in [1.165, 1.54) is 12.1 Å². The summed E-state index contributed by atoms with van der Waals surface area (Å²) in [5.41, 5.74) is 0.0619. The maximum absolute atomic E-state index is 13.1. The molecule has 0 bridgehead atoms. The highest BCUT2D eigenvalue weighted by Gasteiger charge is 2.32. The molecule has 0 spiro atoms. The van der Waals surface area contributed by atoms with Crippen molar-refractivity contribution in [1.29, 1.82) is 0 Å². The van der Waals surface area contributed by atoms with Crippen LogP contribution in [0.1, 0.15) is 23.2 Å². The number of carbonyl (C=O) groups excluding carboxylic acids is 1. The molecule has 0 N–H and O–H groups in total. The van der Waals surface area contributed by atoms with Crippen LogP contribution in [-0.4, -0.2) is 10.8 Å². The van der Waals surface area contributed by atoms with E-state index in [-0.39, 0.29) is 22.4 Å². The van der Waals surface area contributed by atoms with Crippen LogP contribution < -0.4 is 0 Å². The minimum Gasteiger partial charge on any atom is -0.294 e. The van der Waals surface area contributed by atoms with Crippen molar-refractivity contribution in [2.45, 2.75) is 12.8 Å². The van der Waals surface area contributed by atoms with Crippen LogP contribution in [0, 0.1) is 11.9 Å². The minimum atomic E-state index is -0.760. The number of nitrogens with zero attached hydrogens (tertiary/aromatic N) is 1. The molecule has 1 saturated carbocycles. The highest BCUT2D eigenvalue weighted by Crippen LogP contribution is 2.33. The summed E-state index contributed by atoms with van der Waals surface area (Å²) in [4.78, 5) is 14.8. The summed E-state index contributed by atoms with van der Waals surface area (Å²) < 4.78 is 13.1. The third-order valence-electron chi connectivity index (χ3n) is 2.03. The van der Waals surface area contributed by atoms with Crippen molar-refractivity contribution in [3.8, 4) is 0 Å². The van der Waals surface area contributed by atoms with Gasteiger partial charge in [0.2, 0.25) is 5.95 Å². The second-order valence-corrected chi connectivity index (χ2v) is 3.50. The molecule has 0 saturated heterocycles. The third kappa shape index (κ3) is 1.70. The molecule has 1 aliphatic rings. The first-order valence-corrected chi connectivity index (χ1v) is 4.42. The summed E-state index contributed by atoms with van der Waals surface area (Å²) >= 11 is 5.45.